The van der Waals surface area contributed by atoms with Crippen molar-refractivity contribution in [3.63, 3.8) is 0 Å². The third kappa shape index (κ3) is 2.77. The second-order valence-electron chi connectivity index (χ2n) is 2.84. The van der Waals surface area contributed by atoms with Gasteiger partial charge in [-0.1, -0.05) is 0 Å². The van der Waals surface area contributed by atoms with Crippen molar-refractivity contribution in [2.45, 2.75) is 6.23 Å². The molecule has 1 rings (SSSR count). The van der Waals surface area contributed by atoms with Gasteiger partial charge in [-0.05, 0) is 7.05 Å². The standard InChI is InChI=1S/C7H14N2O3/c1-9-3-2-8-4-6(9)12-5-7(10)11/h6,8H,2-5H2,1H3,(H,10,11). The van der Waals surface area contributed by atoms with Crippen LogP contribution in [0.4, 0.5) is 0 Å². The van der Waals surface area contributed by atoms with Gasteiger partial charge in [0.05, 0.1) is 0 Å². The summed E-state index contributed by atoms with van der Waals surface area (Å²) in [6, 6.07) is 0. The van der Waals surface area contributed by atoms with Crippen molar-refractivity contribution in [3.05, 3.63) is 0 Å². The minimum Gasteiger partial charge on any atom is -0.480 e. The quantitative estimate of drug-likeness (QED) is 0.571. The normalized spacial score (nSPS) is 25.6. The highest BCUT2D eigenvalue weighted by Crippen LogP contribution is 2.00. The molecule has 0 saturated carbocycles. The van der Waals surface area contributed by atoms with E-state index in [-0.39, 0.29) is 12.8 Å². The summed E-state index contributed by atoms with van der Waals surface area (Å²) in [5, 5.41) is 11.5. The molecule has 1 unspecified atom stereocenters. The summed E-state index contributed by atoms with van der Waals surface area (Å²) in [4.78, 5) is 12.2. The number of ether oxygens (including phenoxy) is 1. The van der Waals surface area contributed by atoms with Gasteiger partial charge >= 0.3 is 5.97 Å². The molecule has 2 N–H and O–H groups in total. The van der Waals surface area contributed by atoms with E-state index in [1.54, 1.807) is 0 Å². The molecule has 0 aromatic rings. The molecular formula is C7H14N2O3. The summed E-state index contributed by atoms with van der Waals surface area (Å²) in [5.74, 6) is -0.922. The number of rotatable bonds is 3. The zero-order chi connectivity index (χ0) is 8.97. The van der Waals surface area contributed by atoms with Gasteiger partial charge in [0.2, 0.25) is 0 Å². The Hall–Kier alpha value is -0.650. The number of carboxylic acids is 1. The molecule has 5 nitrogen and oxygen atoms in total. The fourth-order valence-corrected chi connectivity index (χ4v) is 1.13. The fourth-order valence-electron chi connectivity index (χ4n) is 1.13. The first-order chi connectivity index (χ1) is 5.70. The van der Waals surface area contributed by atoms with E-state index in [1.165, 1.54) is 0 Å². The summed E-state index contributed by atoms with van der Waals surface area (Å²) in [5.41, 5.74) is 0. The Bertz CT molecular complexity index is 163. The average molecular weight is 174 g/mol. The zero-order valence-corrected chi connectivity index (χ0v) is 7.12. The maximum atomic E-state index is 10.2. The molecule has 5 heteroatoms. The van der Waals surface area contributed by atoms with Crippen LogP contribution in [-0.4, -0.2) is 55.5 Å². The topological polar surface area (TPSA) is 61.8 Å². The monoisotopic (exact) mass is 174 g/mol. The van der Waals surface area contributed by atoms with E-state index >= 15 is 0 Å². The van der Waals surface area contributed by atoms with E-state index in [2.05, 4.69) is 5.32 Å². The second kappa shape index (κ2) is 4.39. The van der Waals surface area contributed by atoms with Crippen molar-refractivity contribution >= 4 is 5.97 Å². The van der Waals surface area contributed by atoms with Gasteiger partial charge in [-0.3, -0.25) is 4.90 Å². The largest absolute Gasteiger partial charge is 0.480 e. The molecule has 1 aliphatic rings. The van der Waals surface area contributed by atoms with Crippen LogP contribution in [0.5, 0.6) is 0 Å². The molecule has 1 fully saturated rings. The number of piperazine rings is 1. The molecule has 0 aliphatic carbocycles. The highest BCUT2D eigenvalue weighted by atomic mass is 16.5. The number of carboxylic acid groups (broad SMARTS) is 1. The number of hydrogen-bond acceptors (Lipinski definition) is 4. The molecule has 70 valence electrons. The summed E-state index contributed by atoms with van der Waals surface area (Å²) in [6.07, 6.45) is -0.102. The Morgan fingerprint density at radius 3 is 3.17 bits per heavy atom. The molecule has 12 heavy (non-hydrogen) atoms. The Balaban J connectivity index is 2.24. The molecule has 1 saturated heterocycles. The molecule has 0 aromatic carbocycles. The second-order valence-corrected chi connectivity index (χ2v) is 2.84. The van der Waals surface area contributed by atoms with E-state index in [9.17, 15) is 4.79 Å². The van der Waals surface area contributed by atoms with E-state index in [4.69, 9.17) is 9.84 Å². The van der Waals surface area contributed by atoms with Crippen molar-refractivity contribution in [2.75, 3.05) is 33.3 Å². The lowest BCUT2D eigenvalue weighted by Crippen LogP contribution is -2.50. The number of carbonyl (C=O) groups is 1. The third-order valence-corrected chi connectivity index (χ3v) is 1.85. The number of nitrogens with zero attached hydrogens (tertiary/aromatic N) is 1. The lowest BCUT2D eigenvalue weighted by molar-refractivity contribution is -0.149. The van der Waals surface area contributed by atoms with E-state index < -0.39 is 5.97 Å². The van der Waals surface area contributed by atoms with Crippen molar-refractivity contribution in [3.8, 4) is 0 Å². The van der Waals surface area contributed by atoms with Crippen molar-refractivity contribution < 1.29 is 14.6 Å². The Morgan fingerprint density at radius 1 is 1.83 bits per heavy atom. The fraction of sp³-hybridized carbons (Fsp3) is 0.857. The molecule has 1 aliphatic heterocycles. The van der Waals surface area contributed by atoms with Gasteiger partial charge in [0.15, 0.2) is 0 Å². The highest BCUT2D eigenvalue weighted by molar-refractivity contribution is 5.68. The Labute approximate surface area is 71.3 Å². The predicted octanol–water partition coefficient (Wildman–Crippen LogP) is -1.05. The van der Waals surface area contributed by atoms with Gasteiger partial charge in [0.1, 0.15) is 12.8 Å². The minimum absolute atomic E-state index is 0.102. The van der Waals surface area contributed by atoms with Crippen LogP contribution in [0.2, 0.25) is 0 Å². The summed E-state index contributed by atoms with van der Waals surface area (Å²) in [6.45, 7) is 2.30. The Morgan fingerprint density at radius 2 is 2.58 bits per heavy atom. The summed E-state index contributed by atoms with van der Waals surface area (Å²) >= 11 is 0. The van der Waals surface area contributed by atoms with Crippen LogP contribution in [0.25, 0.3) is 0 Å². The maximum absolute atomic E-state index is 10.2. The number of nitrogens with one attached hydrogen (secondary N) is 1. The summed E-state index contributed by atoms with van der Waals surface area (Å²) < 4.78 is 5.12. The van der Waals surface area contributed by atoms with Gasteiger partial charge in [-0.15, -0.1) is 0 Å². The summed E-state index contributed by atoms with van der Waals surface area (Å²) in [7, 11) is 1.92. The van der Waals surface area contributed by atoms with E-state index in [0.29, 0.717) is 6.54 Å². The molecular weight excluding hydrogens is 160 g/mol. The van der Waals surface area contributed by atoms with Crippen LogP contribution in [-0.2, 0) is 9.53 Å². The minimum atomic E-state index is -0.922. The Kier molecular flexibility index (Phi) is 3.46. The van der Waals surface area contributed by atoms with E-state index in [1.807, 2.05) is 11.9 Å². The van der Waals surface area contributed by atoms with E-state index in [0.717, 1.165) is 13.1 Å². The van der Waals surface area contributed by atoms with Crippen molar-refractivity contribution in [1.29, 1.82) is 0 Å². The lowest BCUT2D eigenvalue weighted by atomic mass is 10.3. The van der Waals surface area contributed by atoms with Crippen LogP contribution < -0.4 is 5.32 Å². The van der Waals surface area contributed by atoms with Gasteiger partial charge in [0.25, 0.3) is 0 Å². The number of hydrogen-bond donors (Lipinski definition) is 2. The van der Waals surface area contributed by atoms with Gasteiger partial charge in [0, 0.05) is 19.6 Å². The van der Waals surface area contributed by atoms with Crippen LogP contribution in [0.15, 0.2) is 0 Å². The lowest BCUT2D eigenvalue weighted by Gasteiger charge is -2.32. The van der Waals surface area contributed by atoms with Crippen LogP contribution >= 0.6 is 0 Å². The van der Waals surface area contributed by atoms with Gasteiger partial charge < -0.3 is 15.2 Å². The molecule has 0 amide bonds. The van der Waals surface area contributed by atoms with Crippen LogP contribution in [0.3, 0.4) is 0 Å². The molecule has 0 bridgehead atoms. The smallest absolute Gasteiger partial charge is 0.329 e. The molecule has 1 atom stereocenters. The predicted molar refractivity (Wildman–Crippen MR) is 42.9 cm³/mol. The first-order valence-electron chi connectivity index (χ1n) is 3.94. The van der Waals surface area contributed by atoms with Crippen LogP contribution in [0, 0.1) is 0 Å². The first kappa shape index (κ1) is 9.44. The van der Waals surface area contributed by atoms with Crippen molar-refractivity contribution in [1.82, 2.24) is 10.2 Å². The van der Waals surface area contributed by atoms with Crippen LogP contribution in [0.1, 0.15) is 0 Å². The molecule has 0 radical (unpaired) electrons. The SMILES string of the molecule is CN1CCNCC1OCC(=O)O. The van der Waals surface area contributed by atoms with Crippen molar-refractivity contribution in [2.24, 2.45) is 0 Å². The third-order valence-electron chi connectivity index (χ3n) is 1.85. The zero-order valence-electron chi connectivity index (χ0n) is 7.12. The number of aliphatic carboxylic acids is 1. The molecule has 0 spiro atoms. The molecule has 1 heterocycles. The first-order valence-corrected chi connectivity index (χ1v) is 3.94. The average Bonchev–Trinajstić information content (AvgIpc) is 2.03. The van der Waals surface area contributed by atoms with Gasteiger partial charge in [-0.25, -0.2) is 4.79 Å². The maximum Gasteiger partial charge on any atom is 0.329 e. The van der Waals surface area contributed by atoms with Gasteiger partial charge in [-0.2, -0.15) is 0 Å². The number of likely N-dealkylation sites (N-methyl/N-ethyl adjacent to an activating group) is 1. The highest BCUT2D eigenvalue weighted by Gasteiger charge is 2.19. The molecule has 0 aromatic heterocycles.